The molecule has 2 aromatic rings. The minimum absolute atomic E-state index is 0.259. The Morgan fingerprint density at radius 2 is 2.06 bits per heavy atom. The van der Waals surface area contributed by atoms with Gasteiger partial charge in [-0.2, -0.15) is 5.10 Å². The summed E-state index contributed by atoms with van der Waals surface area (Å²) in [6.07, 6.45) is 0. The molecule has 0 radical (unpaired) electrons. The van der Waals surface area contributed by atoms with Gasteiger partial charge in [0, 0.05) is 22.8 Å². The number of carboxylic acids is 1. The quantitative estimate of drug-likeness (QED) is 0.927. The molecule has 1 aromatic heterocycles. The van der Waals surface area contributed by atoms with Crippen molar-refractivity contribution in [3.63, 3.8) is 0 Å². The van der Waals surface area contributed by atoms with E-state index in [1.54, 1.807) is 16.8 Å². The molecule has 5 heteroatoms. The van der Waals surface area contributed by atoms with Gasteiger partial charge in [0.15, 0.2) is 0 Å². The van der Waals surface area contributed by atoms with Crippen LogP contribution in [0.1, 0.15) is 21.7 Å². The first-order valence-corrected chi connectivity index (χ1v) is 6.24. The van der Waals surface area contributed by atoms with E-state index in [-0.39, 0.29) is 5.56 Å². The maximum Gasteiger partial charge on any atom is 0.336 e. The third-order valence-electron chi connectivity index (χ3n) is 2.99. The van der Waals surface area contributed by atoms with Crippen molar-refractivity contribution in [3.05, 3.63) is 39.6 Å². The van der Waals surface area contributed by atoms with Gasteiger partial charge in [0.25, 0.3) is 0 Å². The fourth-order valence-electron chi connectivity index (χ4n) is 2.04. The van der Waals surface area contributed by atoms with Crippen LogP contribution in [0.4, 0.5) is 0 Å². The Labute approximate surface area is 113 Å². The fourth-order valence-corrected chi connectivity index (χ4v) is 2.45. The Bertz CT molecular complexity index is 632. The topological polar surface area (TPSA) is 55.1 Å². The molecular weight excluding hydrogens is 296 g/mol. The molecule has 0 bridgehead atoms. The Kier molecular flexibility index (Phi) is 3.26. The number of carbonyl (C=O) groups is 1. The van der Waals surface area contributed by atoms with Gasteiger partial charge < -0.3 is 5.11 Å². The van der Waals surface area contributed by atoms with Crippen LogP contribution in [-0.4, -0.2) is 20.9 Å². The zero-order chi connectivity index (χ0) is 13.4. The van der Waals surface area contributed by atoms with Crippen LogP contribution >= 0.6 is 15.9 Å². The van der Waals surface area contributed by atoms with E-state index in [0.29, 0.717) is 4.47 Å². The molecule has 1 heterocycles. The molecule has 18 heavy (non-hydrogen) atoms. The first-order chi connectivity index (χ1) is 8.41. The van der Waals surface area contributed by atoms with Gasteiger partial charge in [-0.1, -0.05) is 6.07 Å². The van der Waals surface area contributed by atoms with Crippen LogP contribution in [-0.2, 0) is 7.05 Å². The smallest absolute Gasteiger partial charge is 0.336 e. The molecule has 0 spiro atoms. The van der Waals surface area contributed by atoms with Crippen LogP contribution < -0.4 is 0 Å². The van der Waals surface area contributed by atoms with Crippen molar-refractivity contribution < 1.29 is 9.90 Å². The van der Waals surface area contributed by atoms with Gasteiger partial charge in [-0.3, -0.25) is 4.68 Å². The highest BCUT2D eigenvalue weighted by atomic mass is 79.9. The summed E-state index contributed by atoms with van der Waals surface area (Å²) in [5, 5.41) is 13.5. The molecule has 0 atom stereocenters. The number of hydrogen-bond donors (Lipinski definition) is 1. The van der Waals surface area contributed by atoms with Crippen molar-refractivity contribution in [1.29, 1.82) is 0 Å². The van der Waals surface area contributed by atoms with Crippen molar-refractivity contribution in [2.24, 2.45) is 7.05 Å². The number of aromatic nitrogens is 2. The zero-order valence-corrected chi connectivity index (χ0v) is 11.9. The van der Waals surface area contributed by atoms with Gasteiger partial charge >= 0.3 is 5.97 Å². The summed E-state index contributed by atoms with van der Waals surface area (Å²) in [5.74, 6) is -0.942. The van der Waals surface area contributed by atoms with Crippen molar-refractivity contribution in [3.8, 4) is 11.1 Å². The van der Waals surface area contributed by atoms with Crippen molar-refractivity contribution in [2.45, 2.75) is 13.8 Å². The van der Waals surface area contributed by atoms with Crippen LogP contribution in [0.15, 0.2) is 22.7 Å². The van der Waals surface area contributed by atoms with Gasteiger partial charge in [-0.15, -0.1) is 0 Å². The highest BCUT2D eigenvalue weighted by Crippen LogP contribution is 2.29. The van der Waals surface area contributed by atoms with Crippen LogP contribution in [0.2, 0.25) is 0 Å². The molecule has 0 saturated carbocycles. The van der Waals surface area contributed by atoms with Gasteiger partial charge in [-0.25, -0.2) is 4.79 Å². The lowest BCUT2D eigenvalue weighted by Gasteiger charge is -2.05. The molecule has 0 unspecified atom stereocenters. The molecule has 0 aliphatic carbocycles. The number of benzene rings is 1. The van der Waals surface area contributed by atoms with Crippen LogP contribution in [0.25, 0.3) is 11.1 Å². The number of halogens is 1. The number of carboxylic acid groups (broad SMARTS) is 1. The zero-order valence-electron chi connectivity index (χ0n) is 10.4. The second-order valence-corrected chi connectivity index (χ2v) is 5.02. The predicted molar refractivity (Wildman–Crippen MR) is 72.8 cm³/mol. The van der Waals surface area contributed by atoms with E-state index >= 15 is 0 Å². The largest absolute Gasteiger partial charge is 0.478 e. The number of rotatable bonds is 2. The van der Waals surface area contributed by atoms with E-state index in [9.17, 15) is 4.79 Å². The SMILES string of the molecule is Cc1nn(C)c(C)c1-c1ccc(Br)c(C(=O)O)c1. The van der Waals surface area contributed by atoms with Gasteiger partial charge in [-0.05, 0) is 47.5 Å². The predicted octanol–water partition coefficient (Wildman–Crippen LogP) is 3.16. The monoisotopic (exact) mass is 308 g/mol. The summed E-state index contributed by atoms with van der Waals surface area (Å²) in [5.41, 5.74) is 4.04. The normalized spacial score (nSPS) is 10.7. The summed E-state index contributed by atoms with van der Waals surface area (Å²) in [7, 11) is 1.88. The second kappa shape index (κ2) is 4.57. The fraction of sp³-hybridized carbons (Fsp3) is 0.231. The maximum absolute atomic E-state index is 11.1. The molecule has 0 fully saturated rings. The van der Waals surface area contributed by atoms with E-state index in [2.05, 4.69) is 21.0 Å². The molecule has 0 aliphatic heterocycles. The van der Waals surface area contributed by atoms with E-state index in [4.69, 9.17) is 5.11 Å². The number of nitrogens with zero attached hydrogens (tertiary/aromatic N) is 2. The molecule has 1 N–H and O–H groups in total. The molecular formula is C13H13BrN2O2. The highest BCUT2D eigenvalue weighted by Gasteiger charge is 2.15. The average Bonchev–Trinajstić information content (AvgIpc) is 2.54. The Balaban J connectivity index is 2.65. The molecule has 0 amide bonds. The summed E-state index contributed by atoms with van der Waals surface area (Å²) < 4.78 is 2.38. The van der Waals surface area contributed by atoms with E-state index in [1.807, 2.05) is 27.0 Å². The van der Waals surface area contributed by atoms with E-state index in [1.165, 1.54) is 0 Å². The second-order valence-electron chi connectivity index (χ2n) is 4.17. The first kappa shape index (κ1) is 12.8. The van der Waals surface area contributed by atoms with Crippen molar-refractivity contribution >= 4 is 21.9 Å². The van der Waals surface area contributed by atoms with Gasteiger partial charge in [0.2, 0.25) is 0 Å². The number of hydrogen-bond acceptors (Lipinski definition) is 2. The Hall–Kier alpha value is -1.62. The third-order valence-corrected chi connectivity index (χ3v) is 3.69. The molecule has 2 rings (SSSR count). The van der Waals surface area contributed by atoms with E-state index < -0.39 is 5.97 Å². The Morgan fingerprint density at radius 3 is 2.56 bits per heavy atom. The average molecular weight is 309 g/mol. The maximum atomic E-state index is 11.1. The van der Waals surface area contributed by atoms with Gasteiger partial charge in [0.05, 0.1) is 11.3 Å². The first-order valence-electron chi connectivity index (χ1n) is 5.45. The lowest BCUT2D eigenvalue weighted by atomic mass is 10.0. The summed E-state index contributed by atoms with van der Waals surface area (Å²) in [4.78, 5) is 11.1. The minimum Gasteiger partial charge on any atom is -0.478 e. The van der Waals surface area contributed by atoms with Crippen LogP contribution in [0.5, 0.6) is 0 Å². The highest BCUT2D eigenvalue weighted by molar-refractivity contribution is 9.10. The minimum atomic E-state index is -0.942. The van der Waals surface area contributed by atoms with Crippen LogP contribution in [0.3, 0.4) is 0 Å². The van der Waals surface area contributed by atoms with Crippen molar-refractivity contribution in [1.82, 2.24) is 9.78 Å². The summed E-state index contributed by atoms with van der Waals surface area (Å²) >= 11 is 3.24. The number of aryl methyl sites for hydroxylation is 2. The standard InChI is InChI=1S/C13H13BrN2O2/c1-7-12(8(2)16(3)15-7)9-4-5-11(14)10(6-9)13(17)18/h4-6H,1-3H3,(H,17,18). The van der Waals surface area contributed by atoms with Gasteiger partial charge in [0.1, 0.15) is 0 Å². The lowest BCUT2D eigenvalue weighted by Crippen LogP contribution is -1.98. The molecule has 1 aromatic carbocycles. The molecule has 94 valence electrons. The third kappa shape index (κ3) is 2.06. The Morgan fingerprint density at radius 1 is 1.39 bits per heavy atom. The van der Waals surface area contributed by atoms with E-state index in [0.717, 1.165) is 22.5 Å². The van der Waals surface area contributed by atoms with Crippen molar-refractivity contribution in [2.75, 3.05) is 0 Å². The molecule has 0 aliphatic rings. The summed E-state index contributed by atoms with van der Waals surface area (Å²) in [6, 6.07) is 5.32. The molecule has 4 nitrogen and oxygen atoms in total. The molecule has 0 saturated heterocycles. The summed E-state index contributed by atoms with van der Waals surface area (Å²) in [6.45, 7) is 3.89. The van der Waals surface area contributed by atoms with Crippen LogP contribution in [0, 0.1) is 13.8 Å². The number of aromatic carboxylic acids is 1. The lowest BCUT2D eigenvalue weighted by molar-refractivity contribution is 0.0696.